The molecule has 0 spiro atoms. The Kier molecular flexibility index (Phi) is 6.11. The van der Waals surface area contributed by atoms with Crippen LogP contribution in [-0.2, 0) is 19.1 Å². The molecule has 0 bridgehead atoms. The SMILES string of the molecule is CC(=O)OCCC(N)(C#N)CCOC(C)=O. The fourth-order valence-electron chi connectivity index (χ4n) is 0.991. The maximum absolute atomic E-state index is 10.5. The van der Waals surface area contributed by atoms with E-state index in [0.29, 0.717) is 0 Å². The Hall–Kier alpha value is -1.61. The molecule has 0 rings (SSSR count). The number of hydrogen-bond donors (Lipinski definition) is 1. The summed E-state index contributed by atoms with van der Waals surface area (Å²) in [4.78, 5) is 21.0. The Balaban J connectivity index is 3.96. The van der Waals surface area contributed by atoms with Crippen LogP contribution in [0.25, 0.3) is 0 Å². The minimum absolute atomic E-state index is 0.0828. The van der Waals surface area contributed by atoms with E-state index < -0.39 is 17.5 Å². The van der Waals surface area contributed by atoms with E-state index in [1.165, 1.54) is 13.8 Å². The molecule has 0 aromatic rings. The molecule has 0 aliphatic heterocycles. The summed E-state index contributed by atoms with van der Waals surface area (Å²) in [6.07, 6.45) is 0.425. The van der Waals surface area contributed by atoms with Crippen molar-refractivity contribution in [2.45, 2.75) is 32.2 Å². The van der Waals surface area contributed by atoms with E-state index in [0.717, 1.165) is 0 Å². The topological polar surface area (TPSA) is 102 Å². The van der Waals surface area contributed by atoms with Gasteiger partial charge in [-0.3, -0.25) is 9.59 Å². The normalized spacial score (nSPS) is 10.4. The summed E-state index contributed by atoms with van der Waals surface area (Å²) in [7, 11) is 0. The molecule has 0 amide bonds. The Labute approximate surface area is 94.3 Å². The Morgan fingerprint density at radius 2 is 1.56 bits per heavy atom. The zero-order valence-electron chi connectivity index (χ0n) is 9.49. The average Bonchev–Trinajstić information content (AvgIpc) is 2.16. The zero-order valence-corrected chi connectivity index (χ0v) is 9.49. The first-order chi connectivity index (χ1) is 7.39. The van der Waals surface area contributed by atoms with Crippen molar-refractivity contribution < 1.29 is 19.1 Å². The van der Waals surface area contributed by atoms with Gasteiger partial charge in [0.15, 0.2) is 0 Å². The number of carbonyl (C=O) groups excluding carboxylic acids is 2. The van der Waals surface area contributed by atoms with Crippen molar-refractivity contribution >= 4 is 11.9 Å². The number of nitriles is 1. The first-order valence-corrected chi connectivity index (χ1v) is 4.86. The summed E-state index contributed by atoms with van der Waals surface area (Å²) in [5.41, 5.74) is 4.59. The van der Waals surface area contributed by atoms with Crippen molar-refractivity contribution in [2.24, 2.45) is 5.73 Å². The van der Waals surface area contributed by atoms with Crippen molar-refractivity contribution in [3.63, 3.8) is 0 Å². The first kappa shape index (κ1) is 14.4. The van der Waals surface area contributed by atoms with Crippen molar-refractivity contribution in [3.8, 4) is 6.07 Å². The fourth-order valence-corrected chi connectivity index (χ4v) is 0.991. The molecule has 6 heteroatoms. The number of rotatable bonds is 6. The number of nitrogens with two attached hydrogens (primary N) is 1. The number of esters is 2. The lowest BCUT2D eigenvalue weighted by Crippen LogP contribution is -2.40. The highest BCUT2D eigenvalue weighted by atomic mass is 16.5. The largest absolute Gasteiger partial charge is 0.466 e. The minimum Gasteiger partial charge on any atom is -0.466 e. The molecule has 0 radical (unpaired) electrons. The smallest absolute Gasteiger partial charge is 0.302 e. The van der Waals surface area contributed by atoms with Crippen LogP contribution < -0.4 is 5.73 Å². The lowest BCUT2D eigenvalue weighted by molar-refractivity contribution is -0.141. The summed E-state index contributed by atoms with van der Waals surface area (Å²) >= 11 is 0. The van der Waals surface area contributed by atoms with E-state index >= 15 is 0 Å². The van der Waals surface area contributed by atoms with Gasteiger partial charge in [-0.05, 0) is 0 Å². The Morgan fingerprint density at radius 1 is 1.19 bits per heavy atom. The van der Waals surface area contributed by atoms with Crippen molar-refractivity contribution in [2.75, 3.05) is 13.2 Å². The summed E-state index contributed by atoms with van der Waals surface area (Å²) < 4.78 is 9.38. The standard InChI is InChI=1S/C10H16N2O4/c1-8(13)15-5-3-10(12,7-11)4-6-16-9(2)14/h3-6,12H2,1-2H3. The Morgan fingerprint density at radius 3 is 1.81 bits per heavy atom. The highest BCUT2D eigenvalue weighted by Crippen LogP contribution is 2.11. The average molecular weight is 228 g/mol. The molecule has 0 saturated heterocycles. The zero-order chi connectivity index (χ0) is 12.6. The van der Waals surface area contributed by atoms with Crippen molar-refractivity contribution in [1.29, 1.82) is 5.26 Å². The van der Waals surface area contributed by atoms with Gasteiger partial charge in [-0.25, -0.2) is 0 Å². The molecule has 0 atom stereocenters. The van der Waals surface area contributed by atoms with E-state index in [1.807, 2.05) is 6.07 Å². The van der Waals surface area contributed by atoms with Crippen LogP contribution in [0.15, 0.2) is 0 Å². The molecule has 0 fully saturated rings. The van der Waals surface area contributed by atoms with E-state index in [2.05, 4.69) is 9.47 Å². The van der Waals surface area contributed by atoms with Gasteiger partial charge in [0.1, 0.15) is 5.54 Å². The van der Waals surface area contributed by atoms with Gasteiger partial charge in [-0.15, -0.1) is 0 Å². The molecule has 0 aromatic carbocycles. The lowest BCUT2D eigenvalue weighted by Gasteiger charge is -2.20. The minimum atomic E-state index is -1.13. The Bertz CT molecular complexity index is 276. The van der Waals surface area contributed by atoms with Gasteiger partial charge in [0, 0.05) is 26.7 Å². The molecule has 0 aliphatic carbocycles. The number of carbonyl (C=O) groups is 2. The molecule has 16 heavy (non-hydrogen) atoms. The second-order valence-electron chi connectivity index (χ2n) is 3.45. The lowest BCUT2D eigenvalue weighted by atomic mass is 9.95. The van der Waals surface area contributed by atoms with Gasteiger partial charge in [0.05, 0.1) is 19.3 Å². The van der Waals surface area contributed by atoms with Crippen LogP contribution in [0.3, 0.4) is 0 Å². The molecule has 90 valence electrons. The van der Waals surface area contributed by atoms with Crippen LogP contribution in [0.2, 0.25) is 0 Å². The molecule has 0 saturated carbocycles. The number of ether oxygens (including phenoxy) is 2. The second-order valence-corrected chi connectivity index (χ2v) is 3.45. The molecular weight excluding hydrogens is 212 g/mol. The van der Waals surface area contributed by atoms with Crippen molar-refractivity contribution in [1.82, 2.24) is 0 Å². The molecule has 6 nitrogen and oxygen atoms in total. The highest BCUT2D eigenvalue weighted by Gasteiger charge is 2.25. The van der Waals surface area contributed by atoms with Gasteiger partial charge in [-0.2, -0.15) is 5.26 Å². The van der Waals surface area contributed by atoms with E-state index in [9.17, 15) is 9.59 Å². The van der Waals surface area contributed by atoms with Crippen molar-refractivity contribution in [3.05, 3.63) is 0 Å². The monoisotopic (exact) mass is 228 g/mol. The van der Waals surface area contributed by atoms with Gasteiger partial charge < -0.3 is 15.2 Å². The van der Waals surface area contributed by atoms with Crippen LogP contribution in [0.5, 0.6) is 0 Å². The van der Waals surface area contributed by atoms with Gasteiger partial charge in [-0.1, -0.05) is 0 Å². The molecule has 0 heterocycles. The summed E-state index contributed by atoms with van der Waals surface area (Å²) in [5.74, 6) is -0.833. The number of nitrogens with zero attached hydrogens (tertiary/aromatic N) is 1. The molecule has 2 N–H and O–H groups in total. The quantitative estimate of drug-likeness (QED) is 0.647. The summed E-state index contributed by atoms with van der Waals surface area (Å²) in [5, 5.41) is 8.86. The predicted molar refractivity (Wildman–Crippen MR) is 55.0 cm³/mol. The van der Waals surface area contributed by atoms with E-state index in [1.54, 1.807) is 0 Å². The predicted octanol–water partition coefficient (Wildman–Crippen LogP) is 0.114. The second kappa shape index (κ2) is 6.80. The maximum atomic E-state index is 10.5. The van der Waals surface area contributed by atoms with E-state index in [-0.39, 0.29) is 26.1 Å². The van der Waals surface area contributed by atoms with Crippen LogP contribution in [-0.4, -0.2) is 30.7 Å². The molecular formula is C10H16N2O4. The summed E-state index contributed by atoms with van der Waals surface area (Å²) in [6.45, 7) is 2.73. The maximum Gasteiger partial charge on any atom is 0.302 e. The fraction of sp³-hybridized carbons (Fsp3) is 0.700. The van der Waals surface area contributed by atoms with Gasteiger partial charge in [0.25, 0.3) is 0 Å². The molecule has 0 aliphatic rings. The van der Waals surface area contributed by atoms with Crippen LogP contribution in [0, 0.1) is 11.3 Å². The van der Waals surface area contributed by atoms with Crippen LogP contribution in [0.4, 0.5) is 0 Å². The molecule has 0 aromatic heterocycles. The van der Waals surface area contributed by atoms with Crippen LogP contribution in [0.1, 0.15) is 26.7 Å². The highest BCUT2D eigenvalue weighted by molar-refractivity contribution is 5.66. The van der Waals surface area contributed by atoms with E-state index in [4.69, 9.17) is 11.0 Å². The summed E-state index contributed by atoms with van der Waals surface area (Å²) in [6, 6.07) is 1.92. The molecule has 0 unspecified atom stereocenters. The third-order valence-corrected chi connectivity index (χ3v) is 1.93. The van der Waals surface area contributed by atoms with Gasteiger partial charge >= 0.3 is 11.9 Å². The van der Waals surface area contributed by atoms with Gasteiger partial charge in [0.2, 0.25) is 0 Å². The third kappa shape index (κ3) is 6.79. The number of hydrogen-bond acceptors (Lipinski definition) is 6. The first-order valence-electron chi connectivity index (χ1n) is 4.86. The van der Waals surface area contributed by atoms with Crippen LogP contribution >= 0.6 is 0 Å². The third-order valence-electron chi connectivity index (χ3n) is 1.93.